The number of hydrogen-bond donors (Lipinski definition) is 1. The fraction of sp³-hybridized carbons (Fsp3) is 0.400. The second-order valence-corrected chi connectivity index (χ2v) is 5.19. The topological polar surface area (TPSA) is 47.3 Å². The molecule has 21 heavy (non-hydrogen) atoms. The van der Waals surface area contributed by atoms with Gasteiger partial charge in [-0.1, -0.05) is 11.6 Å². The molecule has 1 aromatic heterocycles. The lowest BCUT2D eigenvalue weighted by atomic mass is 10.1. The molecule has 6 heteroatoms. The highest BCUT2D eigenvalue weighted by Gasteiger charge is 2.14. The molecule has 0 unspecified atom stereocenters. The van der Waals surface area contributed by atoms with Crippen LogP contribution in [0.4, 0.5) is 4.39 Å². The van der Waals surface area contributed by atoms with Crippen molar-refractivity contribution in [3.63, 3.8) is 0 Å². The van der Waals surface area contributed by atoms with Crippen molar-refractivity contribution in [2.45, 2.75) is 40.0 Å². The van der Waals surface area contributed by atoms with Crippen LogP contribution in [0, 0.1) is 12.7 Å². The van der Waals surface area contributed by atoms with Gasteiger partial charge in [0.2, 0.25) is 0 Å². The molecule has 0 aliphatic rings. The second-order valence-electron chi connectivity index (χ2n) is 4.81. The maximum atomic E-state index is 13.8. The zero-order valence-corrected chi connectivity index (χ0v) is 13.0. The van der Waals surface area contributed by atoms with E-state index in [0.29, 0.717) is 17.3 Å². The third kappa shape index (κ3) is 3.36. The fourth-order valence-electron chi connectivity index (χ4n) is 2.10. The predicted molar refractivity (Wildman–Crippen MR) is 79.0 cm³/mol. The summed E-state index contributed by atoms with van der Waals surface area (Å²) in [5.41, 5.74) is 1.75. The third-order valence-electron chi connectivity index (χ3n) is 3.25. The molecule has 0 spiro atoms. The van der Waals surface area contributed by atoms with Crippen molar-refractivity contribution >= 4 is 11.6 Å². The van der Waals surface area contributed by atoms with E-state index in [1.54, 1.807) is 10.7 Å². The molecule has 1 heterocycles. The van der Waals surface area contributed by atoms with Gasteiger partial charge in [-0.25, -0.2) is 4.39 Å². The minimum atomic E-state index is -0.849. The first-order chi connectivity index (χ1) is 9.93. The maximum absolute atomic E-state index is 13.8. The summed E-state index contributed by atoms with van der Waals surface area (Å²) in [6.45, 7) is 6.20. The summed E-state index contributed by atoms with van der Waals surface area (Å²) >= 11 is 6.19. The quantitative estimate of drug-likeness (QED) is 0.917. The van der Waals surface area contributed by atoms with Gasteiger partial charge < -0.3 is 9.84 Å². The summed E-state index contributed by atoms with van der Waals surface area (Å²) in [6, 6.07) is 4.40. The van der Waals surface area contributed by atoms with Crippen LogP contribution in [-0.4, -0.2) is 14.9 Å². The number of hydrogen-bond acceptors (Lipinski definition) is 3. The summed E-state index contributed by atoms with van der Waals surface area (Å²) < 4.78 is 21.1. The van der Waals surface area contributed by atoms with Gasteiger partial charge in [0.1, 0.15) is 18.2 Å². The summed E-state index contributed by atoms with van der Waals surface area (Å²) in [5.74, 6) is -0.108. The van der Waals surface area contributed by atoms with Gasteiger partial charge in [-0.3, -0.25) is 4.68 Å². The van der Waals surface area contributed by atoms with E-state index in [2.05, 4.69) is 5.10 Å². The highest BCUT2D eigenvalue weighted by Crippen LogP contribution is 2.25. The first-order valence-corrected chi connectivity index (χ1v) is 7.14. The Hall–Kier alpha value is -1.59. The number of aliphatic hydroxyl groups is 1. The fourth-order valence-corrected chi connectivity index (χ4v) is 2.28. The third-order valence-corrected chi connectivity index (χ3v) is 3.74. The molecule has 1 aromatic carbocycles. The average molecular weight is 313 g/mol. The van der Waals surface area contributed by atoms with E-state index >= 15 is 0 Å². The number of rotatable bonds is 5. The monoisotopic (exact) mass is 312 g/mol. The van der Waals surface area contributed by atoms with Crippen LogP contribution in [0.5, 0.6) is 5.75 Å². The lowest BCUT2D eigenvalue weighted by Gasteiger charge is -2.11. The molecule has 4 nitrogen and oxygen atoms in total. The van der Waals surface area contributed by atoms with E-state index < -0.39 is 11.9 Å². The van der Waals surface area contributed by atoms with Gasteiger partial charge in [-0.15, -0.1) is 0 Å². The van der Waals surface area contributed by atoms with E-state index in [1.807, 2.05) is 13.8 Å². The Morgan fingerprint density at radius 3 is 2.76 bits per heavy atom. The second kappa shape index (κ2) is 6.45. The van der Waals surface area contributed by atoms with Crippen LogP contribution >= 0.6 is 11.6 Å². The highest BCUT2D eigenvalue weighted by atomic mass is 35.5. The Balaban J connectivity index is 2.15. The SMILES string of the molecule is CCn1nc(C)c(Cl)c1COc1ccc([C@H](C)O)c(F)c1. The molecule has 0 saturated carbocycles. The predicted octanol–water partition coefficient (Wildman–Crippen LogP) is 3.64. The van der Waals surface area contributed by atoms with Crippen molar-refractivity contribution in [2.24, 2.45) is 0 Å². The largest absolute Gasteiger partial charge is 0.487 e. The van der Waals surface area contributed by atoms with Crippen LogP contribution < -0.4 is 4.74 Å². The van der Waals surface area contributed by atoms with Crippen molar-refractivity contribution in [1.82, 2.24) is 9.78 Å². The van der Waals surface area contributed by atoms with Crippen molar-refractivity contribution in [2.75, 3.05) is 0 Å². The lowest BCUT2D eigenvalue weighted by Crippen LogP contribution is -2.07. The summed E-state index contributed by atoms with van der Waals surface area (Å²) in [5, 5.41) is 14.3. The molecule has 0 fully saturated rings. The summed E-state index contributed by atoms with van der Waals surface area (Å²) in [7, 11) is 0. The molecule has 0 amide bonds. The van der Waals surface area contributed by atoms with Gasteiger partial charge in [-0.05, 0) is 32.9 Å². The van der Waals surface area contributed by atoms with Crippen molar-refractivity contribution in [1.29, 1.82) is 0 Å². The van der Waals surface area contributed by atoms with Crippen LogP contribution in [0.3, 0.4) is 0 Å². The number of ether oxygens (including phenoxy) is 1. The standard InChI is InChI=1S/C15H18ClFN2O2/c1-4-19-14(15(16)9(2)18-19)8-21-11-5-6-12(10(3)20)13(17)7-11/h5-7,10,20H,4,8H2,1-3H3/t10-/m0/s1. The van der Waals surface area contributed by atoms with E-state index in [9.17, 15) is 9.50 Å². The number of aryl methyl sites for hydroxylation is 2. The van der Waals surface area contributed by atoms with E-state index in [0.717, 1.165) is 11.4 Å². The molecule has 0 radical (unpaired) electrons. The Morgan fingerprint density at radius 2 is 2.19 bits per heavy atom. The van der Waals surface area contributed by atoms with Gasteiger partial charge in [0.05, 0.1) is 22.5 Å². The van der Waals surface area contributed by atoms with Gasteiger partial charge >= 0.3 is 0 Å². The number of benzene rings is 1. The molecule has 0 aliphatic carbocycles. The number of aliphatic hydroxyl groups excluding tert-OH is 1. The van der Waals surface area contributed by atoms with E-state index in [4.69, 9.17) is 16.3 Å². The molecule has 0 saturated heterocycles. The van der Waals surface area contributed by atoms with Crippen LogP contribution in [0.2, 0.25) is 5.02 Å². The first-order valence-electron chi connectivity index (χ1n) is 6.76. The number of aromatic nitrogens is 2. The molecule has 2 rings (SSSR count). The maximum Gasteiger partial charge on any atom is 0.132 e. The Morgan fingerprint density at radius 1 is 1.48 bits per heavy atom. The van der Waals surface area contributed by atoms with Gasteiger partial charge in [-0.2, -0.15) is 5.10 Å². The highest BCUT2D eigenvalue weighted by molar-refractivity contribution is 6.31. The summed E-state index contributed by atoms with van der Waals surface area (Å²) in [4.78, 5) is 0. The van der Waals surface area contributed by atoms with Gasteiger partial charge in [0, 0.05) is 18.2 Å². The van der Waals surface area contributed by atoms with Crippen LogP contribution in [-0.2, 0) is 13.2 Å². The van der Waals surface area contributed by atoms with E-state index in [1.165, 1.54) is 19.1 Å². The van der Waals surface area contributed by atoms with Gasteiger partial charge in [0.15, 0.2) is 0 Å². The lowest BCUT2D eigenvalue weighted by molar-refractivity contribution is 0.193. The normalized spacial score (nSPS) is 12.5. The van der Waals surface area contributed by atoms with Crippen LogP contribution in [0.1, 0.15) is 36.9 Å². The Labute approximate surface area is 128 Å². The van der Waals surface area contributed by atoms with Crippen LogP contribution in [0.25, 0.3) is 0 Å². The van der Waals surface area contributed by atoms with Gasteiger partial charge in [0.25, 0.3) is 0 Å². The number of halogens is 2. The molecule has 0 bridgehead atoms. The minimum absolute atomic E-state index is 0.209. The molecular weight excluding hydrogens is 295 g/mol. The molecule has 1 N–H and O–H groups in total. The van der Waals surface area contributed by atoms with Crippen molar-refractivity contribution in [3.8, 4) is 5.75 Å². The minimum Gasteiger partial charge on any atom is -0.487 e. The molecular formula is C15H18ClFN2O2. The molecule has 0 aliphatic heterocycles. The summed E-state index contributed by atoms with van der Waals surface area (Å²) in [6.07, 6.45) is -0.849. The van der Waals surface area contributed by atoms with Crippen molar-refractivity contribution < 1.29 is 14.2 Å². The van der Waals surface area contributed by atoms with E-state index in [-0.39, 0.29) is 12.2 Å². The molecule has 2 aromatic rings. The average Bonchev–Trinajstić information content (AvgIpc) is 2.71. The first kappa shape index (κ1) is 15.8. The molecule has 1 atom stereocenters. The molecule has 114 valence electrons. The smallest absolute Gasteiger partial charge is 0.132 e. The van der Waals surface area contributed by atoms with Crippen LogP contribution in [0.15, 0.2) is 18.2 Å². The Bertz CT molecular complexity index is 641. The Kier molecular flexibility index (Phi) is 4.85. The van der Waals surface area contributed by atoms with Crippen molar-refractivity contribution in [3.05, 3.63) is 46.0 Å². The zero-order valence-electron chi connectivity index (χ0n) is 12.2. The number of nitrogens with zero attached hydrogens (tertiary/aromatic N) is 2. The zero-order chi connectivity index (χ0) is 15.6.